The molecular weight excluding hydrogens is 436 g/mol. The highest BCUT2D eigenvalue weighted by atomic mass is 32.3. The van der Waals surface area contributed by atoms with Gasteiger partial charge in [0.05, 0.1) is 25.0 Å². The summed E-state index contributed by atoms with van der Waals surface area (Å²) in [6, 6.07) is 29.1. The minimum absolute atomic E-state index is 0.0597. The van der Waals surface area contributed by atoms with Crippen molar-refractivity contribution in [3.8, 4) is 0 Å². The fourth-order valence-electron chi connectivity index (χ4n) is 4.60. The largest absolute Gasteiger partial charge is 0.531 e. The highest BCUT2D eigenvalue weighted by Gasteiger charge is 2.45. The van der Waals surface area contributed by atoms with Gasteiger partial charge in [-0.1, -0.05) is 71.3 Å². The van der Waals surface area contributed by atoms with Crippen LogP contribution in [0.5, 0.6) is 0 Å². The number of benzene rings is 4. The first kappa shape index (κ1) is 23.8. The van der Waals surface area contributed by atoms with Gasteiger partial charge in [0.15, 0.2) is 0 Å². The first-order valence-electron chi connectivity index (χ1n) is 11.6. The molecule has 3 heteroatoms. The highest BCUT2D eigenvalue weighted by molar-refractivity contribution is 8.30. The van der Waals surface area contributed by atoms with Gasteiger partial charge in [0.1, 0.15) is 5.56 Å². The van der Waals surface area contributed by atoms with E-state index >= 15 is 0 Å². The molecule has 4 aromatic carbocycles. The van der Waals surface area contributed by atoms with Gasteiger partial charge in [0.2, 0.25) is 0 Å². The molecule has 0 atom stereocenters. The van der Waals surface area contributed by atoms with E-state index in [-0.39, 0.29) is 5.97 Å². The lowest BCUT2D eigenvalue weighted by Crippen LogP contribution is -2.17. The summed E-state index contributed by atoms with van der Waals surface area (Å²) < 4.78 is 6.90. The maximum Gasteiger partial charge on any atom is 0.531 e. The van der Waals surface area contributed by atoms with Crippen molar-refractivity contribution in [1.82, 2.24) is 0 Å². The van der Waals surface area contributed by atoms with Crippen LogP contribution < -0.4 is 0 Å². The minimum atomic E-state index is -2.31. The Balaban J connectivity index is 2.11. The Labute approximate surface area is 205 Å². The molecule has 1 N–H and O–H groups in total. The van der Waals surface area contributed by atoms with Crippen LogP contribution in [0.15, 0.2) is 99.6 Å². The molecule has 4 aromatic rings. The number of hydrogen-bond acceptors (Lipinski definition) is 1. The van der Waals surface area contributed by atoms with Crippen LogP contribution in [0.3, 0.4) is 0 Å². The van der Waals surface area contributed by atoms with E-state index < -0.39 is 10.3 Å². The van der Waals surface area contributed by atoms with Crippen LogP contribution in [0.1, 0.15) is 38.9 Å². The zero-order valence-electron chi connectivity index (χ0n) is 20.8. The topological polar surface area (TPSA) is 30.6 Å². The molecule has 0 fully saturated rings. The summed E-state index contributed by atoms with van der Waals surface area (Å²) >= 11 is 0. The second kappa shape index (κ2) is 9.52. The molecule has 2 nitrogen and oxygen atoms in total. The zero-order valence-corrected chi connectivity index (χ0v) is 21.7. The summed E-state index contributed by atoms with van der Waals surface area (Å²) in [7, 11) is -2.31. The summed E-state index contributed by atoms with van der Waals surface area (Å²) in [5.74, 6) is -0.0597. The predicted octanol–water partition coefficient (Wildman–Crippen LogP) is 8.30. The summed E-state index contributed by atoms with van der Waals surface area (Å²) in [4.78, 5) is 14.7. The number of hydrogen-bond donors (Lipinski definition) is 0. The average Bonchev–Trinajstić information content (AvgIpc) is 2.79. The van der Waals surface area contributed by atoms with Gasteiger partial charge >= 0.3 is 5.97 Å². The van der Waals surface area contributed by atoms with E-state index in [1.165, 1.54) is 16.7 Å². The van der Waals surface area contributed by atoms with Crippen LogP contribution in [0.2, 0.25) is 0 Å². The van der Waals surface area contributed by atoms with E-state index in [9.17, 15) is 4.79 Å². The maximum absolute atomic E-state index is 11.4. The fourth-order valence-corrected chi connectivity index (χ4v) is 8.23. The Bertz CT molecular complexity index is 1230. The third-order valence-corrected chi connectivity index (χ3v) is 9.79. The van der Waals surface area contributed by atoms with Crippen LogP contribution in [-0.2, 0) is 4.18 Å². The molecule has 0 saturated carbocycles. The van der Waals surface area contributed by atoms with Crippen molar-refractivity contribution in [1.29, 1.82) is 0 Å². The van der Waals surface area contributed by atoms with Crippen LogP contribution in [0, 0.1) is 41.5 Å². The molecule has 0 unspecified atom stereocenters. The zero-order chi connectivity index (χ0) is 24.5. The molecule has 34 heavy (non-hydrogen) atoms. The van der Waals surface area contributed by atoms with Crippen LogP contribution in [0.4, 0.5) is 0 Å². The first-order chi connectivity index (χ1) is 16.2. The monoisotopic (exact) mass is 469 g/mol. The second-order valence-electron chi connectivity index (χ2n) is 9.12. The van der Waals surface area contributed by atoms with Crippen molar-refractivity contribution in [2.24, 2.45) is 0 Å². The van der Waals surface area contributed by atoms with Crippen molar-refractivity contribution in [3.63, 3.8) is 0 Å². The number of rotatable bonds is 5. The molecule has 0 spiro atoms. The van der Waals surface area contributed by atoms with Crippen LogP contribution in [0.25, 0.3) is 0 Å². The molecule has 0 bridgehead atoms. The number of aryl methyl sites for hydroxylation is 6. The van der Waals surface area contributed by atoms with E-state index in [1.807, 2.05) is 30.3 Å². The van der Waals surface area contributed by atoms with Crippen LogP contribution in [-0.4, -0.2) is 10.8 Å². The van der Waals surface area contributed by atoms with E-state index in [4.69, 9.17) is 4.18 Å². The normalized spacial score (nSPS) is 11.8. The quantitative estimate of drug-likeness (QED) is 0.270. The van der Waals surface area contributed by atoms with Crippen molar-refractivity contribution in [3.05, 3.63) is 124 Å². The van der Waals surface area contributed by atoms with Crippen molar-refractivity contribution >= 4 is 16.3 Å². The smallest absolute Gasteiger partial charge is 0.334 e. The standard InChI is InChI=1S/C31H32O2S/c1-21-12-15-28(24(4)18-21)34(29-16-13-22(2)19-25(29)5,30-17-14-23(3)20-26(30)6)33-31(32)27-10-8-7-9-11-27/h7-20H,1-6H3/p+1. The average molecular weight is 470 g/mol. The van der Waals surface area contributed by atoms with Crippen LogP contribution >= 0.6 is 10.3 Å². The lowest BCUT2D eigenvalue weighted by Gasteiger charge is -2.36. The lowest BCUT2D eigenvalue weighted by molar-refractivity contribution is 0.503. The lowest BCUT2D eigenvalue weighted by atomic mass is 10.1. The SMILES string of the molecule is Cc1ccc(S(OC(=[OH+])c2ccccc2)(c2ccc(C)cc2C)c2ccc(C)cc2C)c(C)c1. The molecule has 0 heterocycles. The second-order valence-corrected chi connectivity index (χ2v) is 11.7. The molecule has 0 saturated heterocycles. The van der Waals surface area contributed by atoms with E-state index in [2.05, 4.69) is 96.1 Å². The van der Waals surface area contributed by atoms with Crippen molar-refractivity contribution < 1.29 is 8.98 Å². The molecular formula is C31H33O2S+. The van der Waals surface area contributed by atoms with Crippen molar-refractivity contribution in [2.75, 3.05) is 0 Å². The molecule has 0 aliphatic carbocycles. The molecule has 174 valence electrons. The molecule has 0 amide bonds. The third-order valence-electron chi connectivity index (χ3n) is 6.15. The first-order valence-corrected chi connectivity index (χ1v) is 13.1. The van der Waals surface area contributed by atoms with E-state index in [0.29, 0.717) is 5.56 Å². The third kappa shape index (κ3) is 4.41. The summed E-state index contributed by atoms with van der Waals surface area (Å²) in [6.07, 6.45) is 0. The molecule has 0 aromatic heterocycles. The van der Waals surface area contributed by atoms with Gasteiger partial charge < -0.3 is 4.79 Å². The van der Waals surface area contributed by atoms with Gasteiger partial charge in [-0.15, -0.1) is 0 Å². The van der Waals surface area contributed by atoms with Gasteiger partial charge in [0, 0.05) is 0 Å². The predicted molar refractivity (Wildman–Crippen MR) is 144 cm³/mol. The number of carbonyl (C=O) groups excluding carboxylic acids is 1. The highest BCUT2D eigenvalue weighted by Crippen LogP contribution is 2.71. The van der Waals surface area contributed by atoms with Gasteiger partial charge in [-0.25, -0.2) is 4.18 Å². The van der Waals surface area contributed by atoms with Gasteiger partial charge in [-0.2, -0.15) is 0 Å². The molecule has 0 aliphatic rings. The molecule has 4 rings (SSSR count). The fraction of sp³-hybridized carbons (Fsp3) is 0.194. The van der Waals surface area contributed by atoms with Gasteiger partial charge in [0.25, 0.3) is 0 Å². The van der Waals surface area contributed by atoms with E-state index in [0.717, 1.165) is 31.4 Å². The Morgan fingerprint density at radius 3 is 1.29 bits per heavy atom. The Morgan fingerprint density at radius 1 is 0.559 bits per heavy atom. The van der Waals surface area contributed by atoms with Gasteiger partial charge in [-0.05, 0) is 88.6 Å². The van der Waals surface area contributed by atoms with E-state index in [1.54, 1.807) is 0 Å². The Kier molecular flexibility index (Phi) is 6.67. The Hall–Kier alpha value is -3.30. The maximum atomic E-state index is 11.4. The summed E-state index contributed by atoms with van der Waals surface area (Å²) in [5.41, 5.74) is 7.72. The van der Waals surface area contributed by atoms with Crippen molar-refractivity contribution in [2.45, 2.75) is 56.2 Å². The summed E-state index contributed by atoms with van der Waals surface area (Å²) in [6.45, 7) is 12.7. The Morgan fingerprint density at radius 2 is 0.941 bits per heavy atom. The summed E-state index contributed by atoms with van der Waals surface area (Å²) in [5, 5.41) is 0. The molecule has 0 aliphatic heterocycles. The molecule has 0 radical (unpaired) electrons. The minimum Gasteiger partial charge on any atom is -0.334 e. The van der Waals surface area contributed by atoms with Gasteiger partial charge in [-0.3, -0.25) is 0 Å².